The molecule has 4 nitrogen and oxygen atoms in total. The number of methoxy groups -OCH3 is 1. The molecule has 0 aromatic heterocycles. The lowest BCUT2D eigenvalue weighted by Gasteiger charge is -2.37. The molecule has 0 saturated carbocycles. The van der Waals surface area contributed by atoms with Gasteiger partial charge in [-0.25, -0.2) is 8.78 Å². The van der Waals surface area contributed by atoms with Gasteiger partial charge in [-0.15, -0.1) is 11.8 Å². The van der Waals surface area contributed by atoms with Gasteiger partial charge in [0.1, 0.15) is 6.42 Å². The number of hydrogen-bond acceptors (Lipinski definition) is 5. The van der Waals surface area contributed by atoms with E-state index in [1.54, 1.807) is 0 Å². The Hall–Kier alpha value is -0.733. The Labute approximate surface area is 166 Å². The minimum absolute atomic E-state index is 0.0692. The fraction of sp³-hybridized carbons (Fsp3) is 0.789. The van der Waals surface area contributed by atoms with Crippen molar-refractivity contribution in [3.63, 3.8) is 0 Å². The molecule has 1 aliphatic carbocycles. The van der Waals surface area contributed by atoms with Gasteiger partial charge in [0, 0.05) is 17.7 Å². The van der Waals surface area contributed by atoms with Crippen LogP contribution in [-0.4, -0.2) is 45.0 Å². The lowest BCUT2D eigenvalue weighted by atomic mass is 10.1. The Bertz CT molecular complexity index is 571. The van der Waals surface area contributed by atoms with Crippen molar-refractivity contribution < 1.29 is 27.5 Å². The number of halogens is 2. The van der Waals surface area contributed by atoms with Crippen LogP contribution in [0.2, 0.25) is 18.1 Å². The molecular weight excluding hydrogens is 390 g/mol. The molecule has 0 N–H and O–H groups in total. The van der Waals surface area contributed by atoms with Crippen LogP contribution < -0.4 is 0 Å². The minimum Gasteiger partial charge on any atom is -0.469 e. The van der Waals surface area contributed by atoms with Crippen LogP contribution in [0, 0.1) is 0 Å². The molecule has 1 atom stereocenters. The second-order valence-corrected chi connectivity index (χ2v) is 14.4. The first kappa shape index (κ1) is 24.3. The van der Waals surface area contributed by atoms with Gasteiger partial charge < -0.3 is 9.16 Å². The van der Waals surface area contributed by atoms with E-state index in [2.05, 4.69) is 38.6 Å². The van der Waals surface area contributed by atoms with Gasteiger partial charge in [-0.3, -0.25) is 9.59 Å². The molecule has 0 saturated heterocycles. The van der Waals surface area contributed by atoms with Crippen molar-refractivity contribution in [2.45, 2.75) is 83.0 Å². The van der Waals surface area contributed by atoms with E-state index in [0.717, 1.165) is 7.11 Å². The van der Waals surface area contributed by atoms with Gasteiger partial charge in [-0.05, 0) is 42.8 Å². The summed E-state index contributed by atoms with van der Waals surface area (Å²) in [6.07, 6.45) is 1.69. The molecule has 0 amide bonds. The van der Waals surface area contributed by atoms with Crippen LogP contribution >= 0.6 is 11.8 Å². The number of ketones is 1. The van der Waals surface area contributed by atoms with Crippen molar-refractivity contribution in [1.82, 2.24) is 0 Å². The Morgan fingerprint density at radius 3 is 2.48 bits per heavy atom. The van der Waals surface area contributed by atoms with Gasteiger partial charge in [0.25, 0.3) is 5.92 Å². The van der Waals surface area contributed by atoms with Crippen molar-refractivity contribution >= 4 is 31.8 Å². The van der Waals surface area contributed by atoms with E-state index in [0.29, 0.717) is 29.9 Å². The summed E-state index contributed by atoms with van der Waals surface area (Å²) < 4.78 is 37.7. The highest BCUT2D eigenvalue weighted by atomic mass is 32.2. The molecule has 0 aliphatic heterocycles. The number of esters is 1. The predicted molar refractivity (Wildman–Crippen MR) is 108 cm³/mol. The fourth-order valence-electron chi connectivity index (χ4n) is 2.40. The number of alkyl halides is 2. The summed E-state index contributed by atoms with van der Waals surface area (Å²) in [5.41, 5.74) is 0. The van der Waals surface area contributed by atoms with Crippen molar-refractivity contribution in [2.24, 2.45) is 0 Å². The van der Waals surface area contributed by atoms with Crippen LogP contribution in [0.15, 0.2) is 11.0 Å². The molecule has 1 rings (SSSR count). The second-order valence-electron chi connectivity index (χ2n) is 8.49. The fourth-order valence-corrected chi connectivity index (χ4v) is 4.73. The zero-order valence-electron chi connectivity index (χ0n) is 17.2. The molecule has 0 spiro atoms. The number of hydrogen-bond donors (Lipinski definition) is 0. The standard InChI is InChI=1S/C19H32F2O4SSi/c1-18(2,3)27(5,6)25-14-11-15(22)16(12-14)26-10-8-7-9-19(20,21)13-17(23)24-4/h12,14H,7-11,13H2,1-6H3. The normalized spacial score (nSPS) is 18.6. The van der Waals surface area contributed by atoms with Gasteiger partial charge in [-0.2, -0.15) is 0 Å². The molecule has 8 heteroatoms. The molecule has 1 unspecified atom stereocenters. The molecule has 156 valence electrons. The monoisotopic (exact) mass is 422 g/mol. The van der Waals surface area contributed by atoms with E-state index in [1.165, 1.54) is 11.8 Å². The average Bonchev–Trinajstić information content (AvgIpc) is 2.84. The topological polar surface area (TPSA) is 52.6 Å². The summed E-state index contributed by atoms with van der Waals surface area (Å²) in [7, 11) is -0.837. The number of unbranched alkanes of at least 4 members (excludes halogenated alkanes) is 1. The Kier molecular flexibility index (Phi) is 8.69. The van der Waals surface area contributed by atoms with Crippen molar-refractivity contribution in [1.29, 1.82) is 0 Å². The number of Topliss-reactive ketones (excluding diaryl/α,β-unsaturated/α-hetero) is 1. The molecule has 0 aromatic rings. The number of rotatable bonds is 10. The van der Waals surface area contributed by atoms with Gasteiger partial charge in [0.2, 0.25) is 0 Å². The number of allylic oxidation sites excluding steroid dienone is 1. The number of carbonyl (C=O) groups is 2. The smallest absolute Gasteiger partial charge is 0.311 e. The van der Waals surface area contributed by atoms with Gasteiger partial charge in [0.15, 0.2) is 14.1 Å². The van der Waals surface area contributed by atoms with Gasteiger partial charge >= 0.3 is 5.97 Å². The van der Waals surface area contributed by atoms with Crippen LogP contribution in [0.1, 0.15) is 52.9 Å². The maximum atomic E-state index is 13.6. The summed E-state index contributed by atoms with van der Waals surface area (Å²) in [4.78, 5) is 23.8. The molecule has 0 heterocycles. The largest absolute Gasteiger partial charge is 0.469 e. The maximum Gasteiger partial charge on any atom is 0.311 e. The van der Waals surface area contributed by atoms with E-state index < -0.39 is 26.6 Å². The first-order valence-corrected chi connectivity index (χ1v) is 13.2. The molecule has 1 aliphatic rings. The first-order valence-electron chi connectivity index (χ1n) is 9.28. The Balaban J connectivity index is 2.40. The highest BCUT2D eigenvalue weighted by Gasteiger charge is 2.40. The van der Waals surface area contributed by atoms with Crippen LogP contribution in [0.3, 0.4) is 0 Å². The van der Waals surface area contributed by atoms with E-state index in [-0.39, 0.29) is 23.3 Å². The van der Waals surface area contributed by atoms with Gasteiger partial charge in [-0.1, -0.05) is 20.8 Å². The predicted octanol–water partition coefficient (Wildman–Crippen LogP) is 5.34. The number of carbonyl (C=O) groups excluding carboxylic acids is 2. The first-order chi connectivity index (χ1) is 12.3. The molecule has 0 aromatic carbocycles. The average molecular weight is 423 g/mol. The summed E-state index contributed by atoms with van der Waals surface area (Å²) >= 11 is 1.41. The molecule has 0 bridgehead atoms. The van der Waals surface area contributed by atoms with Crippen molar-refractivity contribution in [2.75, 3.05) is 12.9 Å². The Morgan fingerprint density at radius 1 is 1.30 bits per heavy atom. The van der Waals surface area contributed by atoms with Gasteiger partial charge in [0.05, 0.1) is 13.2 Å². The molecule has 0 radical (unpaired) electrons. The Morgan fingerprint density at radius 2 is 1.93 bits per heavy atom. The summed E-state index contributed by atoms with van der Waals surface area (Å²) in [5, 5.41) is 0.0786. The quantitative estimate of drug-likeness (QED) is 0.270. The van der Waals surface area contributed by atoms with Crippen LogP contribution in [0.4, 0.5) is 8.78 Å². The lowest BCUT2D eigenvalue weighted by Crippen LogP contribution is -2.43. The third kappa shape index (κ3) is 8.03. The molecule has 27 heavy (non-hydrogen) atoms. The second kappa shape index (κ2) is 9.65. The van der Waals surface area contributed by atoms with E-state index in [9.17, 15) is 18.4 Å². The minimum atomic E-state index is -3.04. The highest BCUT2D eigenvalue weighted by molar-refractivity contribution is 8.04. The molecule has 0 fully saturated rings. The van der Waals surface area contributed by atoms with Crippen molar-refractivity contribution in [3.8, 4) is 0 Å². The van der Waals surface area contributed by atoms with E-state index in [1.807, 2.05) is 6.08 Å². The number of ether oxygens (including phenoxy) is 1. The SMILES string of the molecule is COC(=O)CC(F)(F)CCCCSC1=CC(O[Si](C)(C)C(C)(C)C)CC1=O. The van der Waals surface area contributed by atoms with Crippen molar-refractivity contribution in [3.05, 3.63) is 11.0 Å². The zero-order chi connectivity index (χ0) is 20.9. The summed E-state index contributed by atoms with van der Waals surface area (Å²) in [5.74, 6) is -3.27. The van der Waals surface area contributed by atoms with E-state index >= 15 is 0 Å². The zero-order valence-corrected chi connectivity index (χ0v) is 19.0. The summed E-state index contributed by atoms with van der Waals surface area (Å²) in [6, 6.07) is 0. The molecular formula is C19H32F2O4SSi. The number of thioether (sulfide) groups is 1. The van der Waals surface area contributed by atoms with Crippen LogP contribution in [0.5, 0.6) is 0 Å². The third-order valence-electron chi connectivity index (χ3n) is 5.08. The van der Waals surface area contributed by atoms with Crippen LogP contribution in [0.25, 0.3) is 0 Å². The third-order valence-corrected chi connectivity index (χ3v) is 10.7. The van der Waals surface area contributed by atoms with Crippen LogP contribution in [-0.2, 0) is 18.8 Å². The summed E-state index contributed by atoms with van der Waals surface area (Å²) in [6.45, 7) is 10.8. The maximum absolute atomic E-state index is 13.6. The highest BCUT2D eigenvalue weighted by Crippen LogP contribution is 2.39. The lowest BCUT2D eigenvalue weighted by molar-refractivity contribution is -0.149. The van der Waals surface area contributed by atoms with E-state index in [4.69, 9.17) is 4.43 Å².